The second-order valence-electron chi connectivity index (χ2n) is 5.77. The molecule has 2 N–H and O–H groups in total. The van der Waals surface area contributed by atoms with Crippen LogP contribution in [0.2, 0.25) is 0 Å². The Morgan fingerprint density at radius 1 is 1.07 bits per heavy atom. The van der Waals surface area contributed by atoms with Gasteiger partial charge in [-0.25, -0.2) is 4.39 Å². The number of nitrogens with one attached hydrogen (secondary N) is 2. The fourth-order valence-electron chi connectivity index (χ4n) is 2.60. The standard InChI is InChI=1S/C17H12FN5O5/c1-9-6-13(12-7-10(18)2-4-14(12)19-9)17(24)21-20-15-5-3-11(22(25)26)8-16(15)23(27)28/h2-8,20H,1H3,(H,21,24). The molecule has 0 fully saturated rings. The lowest BCUT2D eigenvalue weighted by atomic mass is 10.1. The molecule has 0 saturated carbocycles. The summed E-state index contributed by atoms with van der Waals surface area (Å²) >= 11 is 0. The molecule has 28 heavy (non-hydrogen) atoms. The number of aryl methyl sites for hydroxylation is 1. The Balaban J connectivity index is 1.91. The second kappa shape index (κ2) is 7.23. The van der Waals surface area contributed by atoms with Gasteiger partial charge in [0.05, 0.1) is 27.0 Å². The number of hydrazine groups is 1. The summed E-state index contributed by atoms with van der Waals surface area (Å²) in [6.07, 6.45) is 0. The van der Waals surface area contributed by atoms with Gasteiger partial charge in [0.1, 0.15) is 11.5 Å². The van der Waals surface area contributed by atoms with Crippen LogP contribution in [-0.2, 0) is 0 Å². The van der Waals surface area contributed by atoms with Gasteiger partial charge in [0.15, 0.2) is 0 Å². The maximum Gasteiger partial charge on any atom is 0.300 e. The Kier molecular flexibility index (Phi) is 4.81. The number of rotatable bonds is 5. The molecule has 3 rings (SSSR count). The van der Waals surface area contributed by atoms with Gasteiger partial charge in [0, 0.05) is 17.1 Å². The SMILES string of the molecule is Cc1cc(C(=O)NNc2ccc([N+](=O)[O-])cc2[N+](=O)[O-])c2cc(F)ccc2n1. The number of hydrogen-bond acceptors (Lipinski definition) is 7. The molecule has 0 aliphatic rings. The number of anilines is 1. The van der Waals surface area contributed by atoms with Gasteiger partial charge >= 0.3 is 5.69 Å². The van der Waals surface area contributed by atoms with Crippen LogP contribution in [0, 0.1) is 33.0 Å². The van der Waals surface area contributed by atoms with E-state index in [-0.39, 0.29) is 16.6 Å². The van der Waals surface area contributed by atoms with E-state index in [1.54, 1.807) is 6.92 Å². The topological polar surface area (TPSA) is 140 Å². The third kappa shape index (κ3) is 3.67. The van der Waals surface area contributed by atoms with Gasteiger partial charge in [-0.15, -0.1) is 0 Å². The first-order chi connectivity index (χ1) is 13.3. The minimum absolute atomic E-state index is 0.110. The number of pyridine rings is 1. The monoisotopic (exact) mass is 385 g/mol. The molecular formula is C17H12FN5O5. The van der Waals surface area contributed by atoms with Crippen molar-refractivity contribution in [2.75, 3.05) is 5.43 Å². The quantitative estimate of drug-likeness (QED) is 0.507. The first kappa shape index (κ1) is 18.6. The third-order valence-electron chi connectivity index (χ3n) is 3.84. The average molecular weight is 385 g/mol. The Bertz CT molecular complexity index is 1130. The van der Waals surface area contributed by atoms with Crippen molar-refractivity contribution in [3.8, 4) is 0 Å². The van der Waals surface area contributed by atoms with E-state index in [9.17, 15) is 29.4 Å². The molecule has 11 heteroatoms. The maximum atomic E-state index is 13.6. The summed E-state index contributed by atoms with van der Waals surface area (Å²) < 4.78 is 13.6. The average Bonchev–Trinajstić information content (AvgIpc) is 2.65. The largest absolute Gasteiger partial charge is 0.300 e. The first-order valence-electron chi connectivity index (χ1n) is 7.82. The van der Waals surface area contributed by atoms with Crippen LogP contribution in [-0.4, -0.2) is 20.7 Å². The molecule has 0 saturated heterocycles. The van der Waals surface area contributed by atoms with Gasteiger partial charge in [-0.1, -0.05) is 0 Å². The van der Waals surface area contributed by atoms with Crippen LogP contribution in [0.3, 0.4) is 0 Å². The number of nitro groups is 2. The number of fused-ring (bicyclic) bond motifs is 1. The van der Waals surface area contributed by atoms with Gasteiger partial charge in [0.2, 0.25) is 0 Å². The van der Waals surface area contributed by atoms with E-state index in [0.29, 0.717) is 11.2 Å². The number of nitro benzene ring substituents is 2. The lowest BCUT2D eigenvalue weighted by molar-refractivity contribution is -0.393. The van der Waals surface area contributed by atoms with Crippen molar-refractivity contribution < 1.29 is 19.0 Å². The molecule has 1 heterocycles. The lowest BCUT2D eigenvalue weighted by Gasteiger charge is -2.11. The summed E-state index contributed by atoms with van der Waals surface area (Å²) in [5.74, 6) is -1.24. The number of halogens is 1. The van der Waals surface area contributed by atoms with Gasteiger partial charge < -0.3 is 0 Å². The summed E-state index contributed by atoms with van der Waals surface area (Å²) in [7, 11) is 0. The van der Waals surface area contributed by atoms with Crippen molar-refractivity contribution in [3.63, 3.8) is 0 Å². The van der Waals surface area contributed by atoms with Crippen molar-refractivity contribution in [2.24, 2.45) is 0 Å². The van der Waals surface area contributed by atoms with Crippen LogP contribution >= 0.6 is 0 Å². The van der Waals surface area contributed by atoms with Crippen LogP contribution in [0.15, 0.2) is 42.5 Å². The Morgan fingerprint density at radius 2 is 1.82 bits per heavy atom. The van der Waals surface area contributed by atoms with Crippen molar-refractivity contribution in [3.05, 3.63) is 79.8 Å². The zero-order valence-electron chi connectivity index (χ0n) is 14.3. The number of nitrogens with zero attached hydrogens (tertiary/aromatic N) is 3. The van der Waals surface area contributed by atoms with E-state index >= 15 is 0 Å². The lowest BCUT2D eigenvalue weighted by Crippen LogP contribution is -2.30. The molecule has 0 radical (unpaired) electrons. The predicted octanol–water partition coefficient (Wildman–Crippen LogP) is 3.26. The molecule has 0 bridgehead atoms. The molecule has 142 valence electrons. The molecule has 3 aromatic rings. The van der Waals surface area contributed by atoms with Gasteiger partial charge in [-0.2, -0.15) is 0 Å². The van der Waals surface area contributed by atoms with Gasteiger partial charge in [-0.05, 0) is 37.3 Å². The minimum Gasteiger partial charge on any atom is -0.292 e. The van der Waals surface area contributed by atoms with E-state index in [4.69, 9.17) is 0 Å². The molecule has 1 amide bonds. The number of hydrogen-bond donors (Lipinski definition) is 2. The van der Waals surface area contributed by atoms with Crippen LogP contribution in [0.4, 0.5) is 21.5 Å². The molecule has 0 spiro atoms. The Hall–Kier alpha value is -4.15. The molecule has 0 aliphatic carbocycles. The van der Waals surface area contributed by atoms with Crippen LogP contribution in [0.5, 0.6) is 0 Å². The predicted molar refractivity (Wildman–Crippen MR) is 97.3 cm³/mol. The molecule has 2 aromatic carbocycles. The van der Waals surface area contributed by atoms with Crippen LogP contribution in [0.1, 0.15) is 16.1 Å². The first-order valence-corrected chi connectivity index (χ1v) is 7.82. The number of carbonyl (C=O) groups is 1. The van der Waals surface area contributed by atoms with Crippen LogP contribution < -0.4 is 10.9 Å². The number of carbonyl (C=O) groups excluding carboxylic acids is 1. The fraction of sp³-hybridized carbons (Fsp3) is 0.0588. The summed E-state index contributed by atoms with van der Waals surface area (Å²) in [6, 6.07) is 8.19. The zero-order chi connectivity index (χ0) is 20.4. The number of benzene rings is 2. The van der Waals surface area contributed by atoms with Gasteiger partial charge in [0.25, 0.3) is 11.6 Å². The summed E-state index contributed by atoms with van der Waals surface area (Å²) in [5.41, 5.74) is 4.51. The van der Waals surface area contributed by atoms with E-state index in [2.05, 4.69) is 15.8 Å². The molecule has 1 aromatic heterocycles. The van der Waals surface area contributed by atoms with Crippen molar-refractivity contribution in [2.45, 2.75) is 6.92 Å². The van der Waals surface area contributed by atoms with Crippen molar-refractivity contribution >= 4 is 33.9 Å². The smallest absolute Gasteiger partial charge is 0.292 e. The molecule has 0 atom stereocenters. The van der Waals surface area contributed by atoms with E-state index in [0.717, 1.165) is 24.3 Å². The molecule has 10 nitrogen and oxygen atoms in total. The van der Waals surface area contributed by atoms with E-state index in [1.807, 2.05) is 0 Å². The Labute approximate surface area is 156 Å². The highest BCUT2D eigenvalue weighted by atomic mass is 19.1. The molecular weight excluding hydrogens is 373 g/mol. The third-order valence-corrected chi connectivity index (χ3v) is 3.84. The highest BCUT2D eigenvalue weighted by molar-refractivity contribution is 6.06. The molecule has 0 aliphatic heterocycles. The number of non-ortho nitro benzene ring substituents is 1. The highest BCUT2D eigenvalue weighted by Gasteiger charge is 2.20. The minimum atomic E-state index is -0.817. The fourth-order valence-corrected chi connectivity index (χ4v) is 2.60. The summed E-state index contributed by atoms with van der Waals surface area (Å²) in [5, 5.41) is 22.2. The normalized spacial score (nSPS) is 10.5. The Morgan fingerprint density at radius 3 is 2.50 bits per heavy atom. The highest BCUT2D eigenvalue weighted by Crippen LogP contribution is 2.28. The molecule has 0 unspecified atom stereocenters. The summed E-state index contributed by atoms with van der Waals surface area (Å²) in [4.78, 5) is 37.1. The number of amides is 1. The number of aromatic nitrogens is 1. The van der Waals surface area contributed by atoms with Crippen molar-refractivity contribution in [1.29, 1.82) is 0 Å². The van der Waals surface area contributed by atoms with Gasteiger partial charge in [-0.3, -0.25) is 40.9 Å². The summed E-state index contributed by atoms with van der Waals surface area (Å²) in [6.45, 7) is 1.66. The van der Waals surface area contributed by atoms with Crippen LogP contribution in [0.25, 0.3) is 10.9 Å². The maximum absolute atomic E-state index is 13.6. The zero-order valence-corrected chi connectivity index (χ0v) is 14.3. The van der Waals surface area contributed by atoms with E-state index < -0.39 is 32.9 Å². The second-order valence-corrected chi connectivity index (χ2v) is 5.77. The van der Waals surface area contributed by atoms with Crippen molar-refractivity contribution in [1.82, 2.24) is 10.4 Å². The van der Waals surface area contributed by atoms with E-state index in [1.165, 1.54) is 18.2 Å².